The van der Waals surface area contributed by atoms with Crippen molar-refractivity contribution in [2.24, 2.45) is 0 Å². The van der Waals surface area contributed by atoms with E-state index in [1.807, 2.05) is 12.1 Å². The highest BCUT2D eigenvalue weighted by Gasteiger charge is 2.11. The Kier molecular flexibility index (Phi) is 11.5. The van der Waals surface area contributed by atoms with Crippen molar-refractivity contribution in [2.75, 3.05) is 0 Å². The number of fused-ring (bicyclic) bond motifs is 1. The summed E-state index contributed by atoms with van der Waals surface area (Å²) in [7, 11) is 0. The van der Waals surface area contributed by atoms with E-state index < -0.39 is 0 Å². The Bertz CT molecular complexity index is 1300. The first-order valence-corrected chi connectivity index (χ1v) is 11.5. The number of nitrogens with zero attached hydrogens (tertiary/aromatic N) is 4. The molecule has 0 saturated heterocycles. The van der Waals surface area contributed by atoms with E-state index in [1.54, 1.807) is 43.0 Å². The molecule has 0 bridgehead atoms. The number of imidazole rings is 1. The fraction of sp³-hybridized carbons (Fsp3) is 0. The van der Waals surface area contributed by atoms with Crippen molar-refractivity contribution < 1.29 is 15.4 Å². The van der Waals surface area contributed by atoms with E-state index in [4.69, 9.17) is 85.0 Å². The van der Waals surface area contributed by atoms with Gasteiger partial charge in [0.05, 0.1) is 26.4 Å². The molecular formula is C21H15Cl6N5O3. The highest BCUT2D eigenvalue weighted by molar-refractivity contribution is 6.52. The van der Waals surface area contributed by atoms with Crippen molar-refractivity contribution in [1.82, 2.24) is 25.1 Å². The lowest BCUT2D eigenvalue weighted by molar-refractivity contribution is 0.155. The molecule has 0 atom stereocenters. The van der Waals surface area contributed by atoms with E-state index in [-0.39, 0.29) is 36.6 Å². The quantitative estimate of drug-likeness (QED) is 0.0822. The molecule has 0 unspecified atom stereocenters. The van der Waals surface area contributed by atoms with E-state index in [9.17, 15) is 0 Å². The van der Waals surface area contributed by atoms with Crippen molar-refractivity contribution >= 4 is 80.6 Å². The van der Waals surface area contributed by atoms with Gasteiger partial charge in [0, 0.05) is 18.5 Å². The molecule has 8 nitrogen and oxygen atoms in total. The standard InChI is InChI=1S/C6H2Cl4O.C6H4Cl2O.C6H5N3O.C3H4N2/c7-2-1-3(11)5(9)6(10)4(2)8;7-4-2-1-3-5(9)6(4)8;10-9-6-4-2-1-3-5(6)7-8-9;1-2-5-3-4-1/h1,11H;1-3,9H;1-4,10H;1-3H,(H,4,5). The van der Waals surface area contributed by atoms with Crippen LogP contribution in [-0.4, -0.2) is 40.5 Å². The third-order valence-electron chi connectivity index (χ3n) is 3.75. The van der Waals surface area contributed by atoms with Gasteiger partial charge in [-0.1, -0.05) is 92.6 Å². The van der Waals surface area contributed by atoms with Crippen molar-refractivity contribution in [3.05, 3.63) is 97.4 Å². The van der Waals surface area contributed by atoms with Crippen LogP contribution in [0.25, 0.3) is 11.0 Å². The van der Waals surface area contributed by atoms with Gasteiger partial charge < -0.3 is 20.4 Å². The van der Waals surface area contributed by atoms with Crippen LogP contribution >= 0.6 is 69.6 Å². The Morgan fingerprint density at radius 2 is 1.46 bits per heavy atom. The summed E-state index contributed by atoms with van der Waals surface area (Å²) in [6, 6.07) is 13.2. The molecule has 0 aliphatic rings. The molecule has 4 N–H and O–H groups in total. The highest BCUT2D eigenvalue weighted by atomic mass is 35.5. The minimum atomic E-state index is -0.175. The number of benzene rings is 3. The van der Waals surface area contributed by atoms with Crippen LogP contribution in [0.15, 0.2) is 67.3 Å². The van der Waals surface area contributed by atoms with Crippen molar-refractivity contribution in [3.8, 4) is 11.5 Å². The second-order valence-corrected chi connectivity index (χ2v) is 8.45. The summed E-state index contributed by atoms with van der Waals surface area (Å²) in [5.74, 6) is -0.157. The Hall–Kier alpha value is -2.59. The molecule has 14 heteroatoms. The first-order chi connectivity index (χ1) is 16.6. The lowest BCUT2D eigenvalue weighted by Gasteiger charge is -2.02. The number of aromatic hydroxyl groups is 2. The van der Waals surface area contributed by atoms with Crippen LogP contribution < -0.4 is 0 Å². The predicted octanol–water partition coefficient (Wildman–Crippen LogP) is 7.78. The van der Waals surface area contributed by atoms with Crippen LogP contribution in [0.5, 0.6) is 11.5 Å². The number of halogens is 6. The van der Waals surface area contributed by atoms with Gasteiger partial charge in [-0.05, 0) is 29.5 Å². The van der Waals surface area contributed by atoms with Crippen LogP contribution in [0.3, 0.4) is 0 Å². The summed E-state index contributed by atoms with van der Waals surface area (Å²) < 4.78 is 0. The Labute approximate surface area is 229 Å². The van der Waals surface area contributed by atoms with Crippen molar-refractivity contribution in [2.45, 2.75) is 0 Å². The maximum Gasteiger partial charge on any atom is 0.137 e. The topological polar surface area (TPSA) is 120 Å². The van der Waals surface area contributed by atoms with E-state index in [0.717, 1.165) is 4.85 Å². The number of para-hydroxylation sites is 1. The molecule has 35 heavy (non-hydrogen) atoms. The number of aromatic nitrogens is 5. The predicted molar refractivity (Wildman–Crippen MR) is 140 cm³/mol. The average Bonchev–Trinajstić information content (AvgIpc) is 3.55. The molecule has 3 aromatic carbocycles. The second kappa shape index (κ2) is 14.1. The second-order valence-electron chi connectivity index (χ2n) is 6.12. The van der Waals surface area contributed by atoms with Crippen LogP contribution in [-0.2, 0) is 0 Å². The maximum atomic E-state index is 9.05. The average molecular weight is 598 g/mol. The number of H-pyrrole nitrogens is 1. The molecule has 0 fully saturated rings. The van der Waals surface area contributed by atoms with Gasteiger partial charge in [-0.3, -0.25) is 0 Å². The minimum absolute atomic E-state index is 0.0149. The molecule has 0 amide bonds. The molecule has 0 saturated carbocycles. The van der Waals surface area contributed by atoms with Gasteiger partial charge in [-0.2, -0.15) is 0 Å². The SMILES string of the molecule is Oc1cc(Cl)c(Cl)c(Cl)c1Cl.Oc1cccc(Cl)c1Cl.On1nnc2ccccc21.c1c[nH]cn1. The normalized spacial score (nSPS) is 9.77. The summed E-state index contributed by atoms with van der Waals surface area (Å²) in [6.07, 6.45) is 5.08. The number of rotatable bonds is 0. The Balaban J connectivity index is 0.000000169. The number of phenolic OH excluding ortho intramolecular Hbond substituents is 2. The molecule has 0 radical (unpaired) electrons. The smallest absolute Gasteiger partial charge is 0.137 e. The van der Waals surface area contributed by atoms with Gasteiger partial charge in [0.2, 0.25) is 0 Å². The number of phenols is 2. The van der Waals surface area contributed by atoms with E-state index in [2.05, 4.69) is 20.3 Å². The first kappa shape index (κ1) is 28.6. The lowest BCUT2D eigenvalue weighted by Crippen LogP contribution is -1.90. The molecule has 2 heterocycles. The Morgan fingerprint density at radius 3 is 2.00 bits per heavy atom. The van der Waals surface area contributed by atoms with Gasteiger partial charge in [0.25, 0.3) is 0 Å². The zero-order valence-electron chi connectivity index (χ0n) is 17.2. The maximum absolute atomic E-state index is 9.05. The van der Waals surface area contributed by atoms with E-state index in [1.165, 1.54) is 12.1 Å². The summed E-state index contributed by atoms with van der Waals surface area (Å²) >= 11 is 33.3. The summed E-state index contributed by atoms with van der Waals surface area (Å²) in [6.45, 7) is 0. The molecule has 5 aromatic rings. The largest absolute Gasteiger partial charge is 0.506 e. The van der Waals surface area contributed by atoms with Gasteiger partial charge >= 0.3 is 0 Å². The molecule has 5 rings (SSSR count). The van der Waals surface area contributed by atoms with Gasteiger partial charge in [0.15, 0.2) is 0 Å². The van der Waals surface area contributed by atoms with Gasteiger partial charge in [0.1, 0.15) is 32.6 Å². The number of hydrogen-bond acceptors (Lipinski definition) is 6. The zero-order chi connectivity index (χ0) is 26.0. The minimum Gasteiger partial charge on any atom is -0.506 e. The van der Waals surface area contributed by atoms with Crippen LogP contribution in [0.1, 0.15) is 0 Å². The fourth-order valence-corrected chi connectivity index (χ4v) is 3.21. The number of aromatic amines is 1. The van der Waals surface area contributed by atoms with Gasteiger partial charge in [-0.25, -0.2) is 4.98 Å². The van der Waals surface area contributed by atoms with Gasteiger partial charge in [-0.15, -0.1) is 5.10 Å². The van der Waals surface area contributed by atoms with Crippen molar-refractivity contribution in [3.63, 3.8) is 0 Å². The number of hydrogen-bond donors (Lipinski definition) is 4. The summed E-state index contributed by atoms with van der Waals surface area (Å²) in [5.41, 5.74) is 1.33. The highest BCUT2D eigenvalue weighted by Crippen LogP contribution is 2.41. The summed E-state index contributed by atoms with van der Waals surface area (Å²) in [5, 5.41) is 35.0. The molecule has 0 aliphatic carbocycles. The third kappa shape index (κ3) is 8.54. The Morgan fingerprint density at radius 1 is 0.743 bits per heavy atom. The summed E-state index contributed by atoms with van der Waals surface area (Å²) in [4.78, 5) is 7.18. The van der Waals surface area contributed by atoms with E-state index in [0.29, 0.717) is 16.1 Å². The first-order valence-electron chi connectivity index (χ1n) is 9.20. The molecular weight excluding hydrogens is 583 g/mol. The molecule has 0 spiro atoms. The van der Waals surface area contributed by atoms with E-state index >= 15 is 0 Å². The van der Waals surface area contributed by atoms with Crippen molar-refractivity contribution in [1.29, 1.82) is 0 Å². The lowest BCUT2D eigenvalue weighted by atomic mass is 10.3. The fourth-order valence-electron chi connectivity index (χ4n) is 2.12. The zero-order valence-corrected chi connectivity index (χ0v) is 21.8. The monoisotopic (exact) mass is 595 g/mol. The molecule has 2 aromatic heterocycles. The molecule has 0 aliphatic heterocycles. The van der Waals surface area contributed by atoms with Crippen LogP contribution in [0.2, 0.25) is 30.1 Å². The number of nitrogens with one attached hydrogen (secondary N) is 1. The van der Waals surface area contributed by atoms with Crippen LogP contribution in [0.4, 0.5) is 0 Å². The third-order valence-corrected chi connectivity index (χ3v) is 6.31. The molecule has 184 valence electrons. The van der Waals surface area contributed by atoms with Crippen LogP contribution in [0, 0.1) is 0 Å².